The second-order valence-electron chi connectivity index (χ2n) is 5.86. The van der Waals surface area contributed by atoms with Gasteiger partial charge in [-0.3, -0.25) is 0 Å². The van der Waals surface area contributed by atoms with Crippen LogP contribution < -0.4 is 0 Å². The first-order valence-electron chi connectivity index (χ1n) is 7.68. The van der Waals surface area contributed by atoms with E-state index in [1.165, 1.54) is 35.7 Å². The first-order valence-corrected chi connectivity index (χ1v) is 9.75. The van der Waals surface area contributed by atoms with Gasteiger partial charge in [0, 0.05) is 0 Å². The zero-order valence-corrected chi connectivity index (χ0v) is 14.1. The van der Waals surface area contributed by atoms with E-state index in [9.17, 15) is 0 Å². The molecule has 0 nitrogen and oxygen atoms in total. The van der Waals surface area contributed by atoms with Crippen molar-refractivity contribution in [2.24, 2.45) is 5.92 Å². The summed E-state index contributed by atoms with van der Waals surface area (Å²) in [5.74, 6) is 0.671. The van der Waals surface area contributed by atoms with Crippen LogP contribution in [0.5, 0.6) is 0 Å². The fourth-order valence-corrected chi connectivity index (χ4v) is 6.88. The summed E-state index contributed by atoms with van der Waals surface area (Å²) in [4.78, 5) is 0. The van der Waals surface area contributed by atoms with Gasteiger partial charge in [0.05, 0.1) is 0 Å². The molecular formula is C20H22Se. The first kappa shape index (κ1) is 14.6. The van der Waals surface area contributed by atoms with Crippen LogP contribution in [0.1, 0.15) is 24.0 Å². The Morgan fingerprint density at radius 3 is 2.38 bits per heavy atom. The molecule has 0 saturated carbocycles. The molecule has 1 saturated heterocycles. The zero-order chi connectivity index (χ0) is 14.5. The third-order valence-electron chi connectivity index (χ3n) is 4.42. The van der Waals surface area contributed by atoms with Gasteiger partial charge in [0.1, 0.15) is 0 Å². The van der Waals surface area contributed by atoms with E-state index < -0.39 is 0 Å². The van der Waals surface area contributed by atoms with Crippen molar-refractivity contribution in [3.63, 3.8) is 0 Å². The van der Waals surface area contributed by atoms with Gasteiger partial charge in [-0.15, -0.1) is 0 Å². The third-order valence-corrected chi connectivity index (χ3v) is 7.65. The van der Waals surface area contributed by atoms with E-state index in [0.29, 0.717) is 25.2 Å². The van der Waals surface area contributed by atoms with Crippen molar-refractivity contribution in [1.82, 2.24) is 0 Å². The van der Waals surface area contributed by atoms with E-state index in [2.05, 4.69) is 73.3 Å². The molecule has 2 unspecified atom stereocenters. The maximum atomic E-state index is 4.06. The molecule has 0 radical (unpaired) electrons. The van der Waals surface area contributed by atoms with Crippen molar-refractivity contribution in [2.45, 2.75) is 28.9 Å². The molecule has 0 spiro atoms. The molecule has 2 atom stereocenters. The van der Waals surface area contributed by atoms with E-state index in [4.69, 9.17) is 0 Å². The van der Waals surface area contributed by atoms with Gasteiger partial charge in [-0.2, -0.15) is 0 Å². The summed E-state index contributed by atoms with van der Waals surface area (Å²) >= 11 is 0.656. The number of rotatable bonds is 4. The Labute approximate surface area is 134 Å². The Morgan fingerprint density at radius 2 is 1.71 bits per heavy atom. The van der Waals surface area contributed by atoms with Crippen molar-refractivity contribution in [3.05, 3.63) is 84.4 Å². The molecule has 2 aromatic rings. The monoisotopic (exact) mass is 342 g/mol. The van der Waals surface area contributed by atoms with Gasteiger partial charge >= 0.3 is 134 Å². The van der Waals surface area contributed by atoms with E-state index in [1.807, 2.05) is 0 Å². The summed E-state index contributed by atoms with van der Waals surface area (Å²) in [7, 11) is 0. The summed E-state index contributed by atoms with van der Waals surface area (Å²) in [5, 5.41) is 1.37. The van der Waals surface area contributed by atoms with Crippen LogP contribution in [0.25, 0.3) is 0 Å². The van der Waals surface area contributed by atoms with E-state index in [-0.39, 0.29) is 0 Å². The van der Waals surface area contributed by atoms with Gasteiger partial charge in [-0.25, -0.2) is 0 Å². The van der Waals surface area contributed by atoms with Crippen molar-refractivity contribution in [3.8, 4) is 0 Å². The molecule has 1 aliphatic heterocycles. The molecule has 3 rings (SSSR count). The fourth-order valence-electron chi connectivity index (χ4n) is 3.29. The minimum absolute atomic E-state index is 0.340. The van der Waals surface area contributed by atoms with Crippen LogP contribution in [-0.2, 0) is 10.7 Å². The first-order chi connectivity index (χ1) is 10.3. The summed E-state index contributed by atoms with van der Waals surface area (Å²) in [6.07, 6.45) is 5.93. The fraction of sp³-hybridized carbons (Fsp3) is 0.300. The molecule has 0 aliphatic carbocycles. The van der Waals surface area contributed by atoms with Crippen LogP contribution in [0.4, 0.5) is 0 Å². The molecule has 0 amide bonds. The molecule has 1 fully saturated rings. The molecular weight excluding hydrogens is 319 g/mol. The third kappa shape index (κ3) is 3.31. The van der Waals surface area contributed by atoms with E-state index in [1.54, 1.807) is 0 Å². The van der Waals surface area contributed by atoms with Crippen LogP contribution in [0.2, 0.25) is 5.32 Å². The van der Waals surface area contributed by atoms with Crippen molar-refractivity contribution >= 4 is 15.0 Å². The van der Waals surface area contributed by atoms with Crippen molar-refractivity contribution < 1.29 is 0 Å². The minimum atomic E-state index is 0.340. The predicted molar refractivity (Wildman–Crippen MR) is 91.7 cm³/mol. The average molecular weight is 341 g/mol. The van der Waals surface area contributed by atoms with Crippen LogP contribution >= 0.6 is 0 Å². The standard InChI is InChI=1S/C20H22Se/c1-2-17-13-14-21-20(15-17,19-11-7-4-8-12-19)16-18-9-5-3-6-10-18/h2-12,17H,1,13-16H2. The molecule has 21 heavy (non-hydrogen) atoms. The number of hydrogen-bond acceptors (Lipinski definition) is 0. The molecule has 0 N–H and O–H groups in total. The SMILES string of the molecule is C=CC1CC[Se]C(Cc2ccccc2)(c2ccccc2)C1. The summed E-state index contributed by atoms with van der Waals surface area (Å²) < 4.78 is 0.340. The summed E-state index contributed by atoms with van der Waals surface area (Å²) in [6, 6.07) is 22.1. The van der Waals surface area contributed by atoms with E-state index >= 15 is 0 Å². The Balaban J connectivity index is 1.96. The van der Waals surface area contributed by atoms with Crippen LogP contribution in [0.15, 0.2) is 73.3 Å². The topological polar surface area (TPSA) is 0 Å². The van der Waals surface area contributed by atoms with Gasteiger partial charge in [0.25, 0.3) is 0 Å². The summed E-state index contributed by atoms with van der Waals surface area (Å²) in [5.41, 5.74) is 2.99. The van der Waals surface area contributed by atoms with Crippen molar-refractivity contribution in [2.75, 3.05) is 0 Å². The van der Waals surface area contributed by atoms with Gasteiger partial charge in [0.15, 0.2) is 0 Å². The Morgan fingerprint density at radius 1 is 1.05 bits per heavy atom. The molecule has 2 aromatic carbocycles. The second kappa shape index (κ2) is 6.64. The van der Waals surface area contributed by atoms with Crippen molar-refractivity contribution in [1.29, 1.82) is 0 Å². The van der Waals surface area contributed by atoms with Gasteiger partial charge < -0.3 is 0 Å². The zero-order valence-electron chi connectivity index (χ0n) is 12.4. The Kier molecular flexibility index (Phi) is 4.63. The Bertz CT molecular complexity index is 575. The molecule has 0 bridgehead atoms. The summed E-state index contributed by atoms with van der Waals surface area (Å²) in [6.45, 7) is 4.06. The quantitative estimate of drug-likeness (QED) is 0.551. The van der Waals surface area contributed by atoms with Crippen LogP contribution in [0.3, 0.4) is 0 Å². The van der Waals surface area contributed by atoms with Gasteiger partial charge in [-0.1, -0.05) is 0 Å². The molecule has 108 valence electrons. The molecule has 1 heteroatoms. The number of hydrogen-bond donors (Lipinski definition) is 0. The average Bonchev–Trinajstić information content (AvgIpc) is 2.57. The second-order valence-corrected chi connectivity index (χ2v) is 8.96. The van der Waals surface area contributed by atoms with Gasteiger partial charge in [-0.05, 0) is 0 Å². The Hall–Kier alpha value is -1.30. The van der Waals surface area contributed by atoms with Crippen LogP contribution in [0, 0.1) is 5.92 Å². The predicted octanol–water partition coefficient (Wildman–Crippen LogP) is 4.84. The molecule has 0 aromatic heterocycles. The molecule has 1 heterocycles. The number of allylic oxidation sites excluding steroid dienone is 1. The van der Waals surface area contributed by atoms with Gasteiger partial charge in [0.2, 0.25) is 0 Å². The van der Waals surface area contributed by atoms with E-state index in [0.717, 1.165) is 0 Å². The maximum absolute atomic E-state index is 4.06. The van der Waals surface area contributed by atoms with Crippen LogP contribution in [-0.4, -0.2) is 15.0 Å². The number of benzene rings is 2. The normalized spacial score (nSPS) is 25.4. The molecule has 1 aliphatic rings.